The molecule has 0 aliphatic heterocycles. The number of methoxy groups -OCH3 is 2. The van der Waals surface area contributed by atoms with E-state index in [0.29, 0.717) is 17.9 Å². The second kappa shape index (κ2) is 11.3. The number of hydrogen-bond acceptors (Lipinski definition) is 5. The maximum atomic E-state index is 13.2. The fourth-order valence-corrected chi connectivity index (χ4v) is 3.68. The van der Waals surface area contributed by atoms with Gasteiger partial charge in [0, 0.05) is 10.5 Å². The molecule has 0 spiro atoms. The van der Waals surface area contributed by atoms with Crippen LogP contribution in [-0.2, 0) is 0 Å². The van der Waals surface area contributed by atoms with Crippen molar-refractivity contribution in [3.63, 3.8) is 0 Å². The number of unbranched alkanes of at least 4 members (excludes halogenated alkanes) is 6. The molecule has 0 aromatic heterocycles. The number of allylic oxidation sites excluding steroid dienone is 1. The molecule has 1 aliphatic rings. The highest BCUT2D eigenvalue weighted by atomic mass is 16.5. The van der Waals surface area contributed by atoms with Gasteiger partial charge in [-0.1, -0.05) is 57.0 Å². The Morgan fingerprint density at radius 3 is 2.14 bits per heavy atom. The number of nitrogens with zero attached hydrogens (tertiary/aromatic N) is 3. The van der Waals surface area contributed by atoms with Crippen LogP contribution in [-0.4, -0.2) is 31.8 Å². The van der Waals surface area contributed by atoms with Crippen molar-refractivity contribution >= 4 is 11.6 Å². The molecule has 0 heterocycles. The first-order valence-electron chi connectivity index (χ1n) is 10.2. The number of azide groups is 1. The molecular formula is C22H29N3O4. The molecule has 0 fully saturated rings. The van der Waals surface area contributed by atoms with Crippen LogP contribution in [0.2, 0.25) is 0 Å². The van der Waals surface area contributed by atoms with Crippen LogP contribution in [0, 0.1) is 0 Å². The topological polar surface area (TPSA) is 101 Å². The minimum atomic E-state index is -0.670. The lowest BCUT2D eigenvalue weighted by atomic mass is 9.84. The lowest BCUT2D eigenvalue weighted by Gasteiger charge is -2.22. The van der Waals surface area contributed by atoms with Crippen molar-refractivity contribution in [2.24, 2.45) is 5.11 Å². The summed E-state index contributed by atoms with van der Waals surface area (Å²) in [5.41, 5.74) is 9.57. The van der Waals surface area contributed by atoms with Crippen molar-refractivity contribution < 1.29 is 19.1 Å². The normalized spacial score (nSPS) is 14.0. The van der Waals surface area contributed by atoms with Gasteiger partial charge < -0.3 is 9.47 Å². The predicted molar refractivity (Wildman–Crippen MR) is 112 cm³/mol. The van der Waals surface area contributed by atoms with Gasteiger partial charge in [0.15, 0.2) is 11.6 Å². The molecule has 1 aromatic carbocycles. The third-order valence-corrected chi connectivity index (χ3v) is 5.22. The number of carbonyl (C=O) groups excluding carboxylic acids is 2. The highest BCUT2D eigenvalue weighted by Crippen LogP contribution is 2.37. The summed E-state index contributed by atoms with van der Waals surface area (Å²) in [6.45, 7) is 2.18. The summed E-state index contributed by atoms with van der Waals surface area (Å²) >= 11 is 0. The van der Waals surface area contributed by atoms with E-state index >= 15 is 0 Å². The van der Waals surface area contributed by atoms with Crippen molar-refractivity contribution in [1.29, 1.82) is 0 Å². The van der Waals surface area contributed by atoms with Gasteiger partial charge in [-0.3, -0.25) is 9.59 Å². The average Bonchev–Trinajstić information content (AvgIpc) is 2.73. The molecule has 1 aliphatic carbocycles. The van der Waals surface area contributed by atoms with Gasteiger partial charge in [0.1, 0.15) is 11.5 Å². The fraction of sp³-hybridized carbons (Fsp3) is 0.545. The van der Waals surface area contributed by atoms with Crippen LogP contribution in [0.3, 0.4) is 0 Å². The molecule has 156 valence electrons. The van der Waals surface area contributed by atoms with Gasteiger partial charge in [-0.2, -0.15) is 0 Å². The number of benzene rings is 1. The standard InChI is InChI=1S/C22H29N3O4/c1-4-5-6-7-8-9-10-11-16(24-25-23)15-14-17(26)20-18(28-2)12-13-19(29-3)21(20)22(15)27/h12-14,16H,4-11H2,1-3H3. The van der Waals surface area contributed by atoms with E-state index in [2.05, 4.69) is 16.9 Å². The van der Waals surface area contributed by atoms with E-state index in [-0.39, 0.29) is 28.3 Å². The number of rotatable bonds is 12. The van der Waals surface area contributed by atoms with Crippen molar-refractivity contribution in [2.45, 2.75) is 64.3 Å². The maximum absolute atomic E-state index is 13.2. The molecule has 0 bridgehead atoms. The van der Waals surface area contributed by atoms with E-state index in [4.69, 9.17) is 15.0 Å². The number of ether oxygens (including phenoxy) is 2. The third kappa shape index (κ3) is 5.39. The van der Waals surface area contributed by atoms with Gasteiger partial charge in [0.05, 0.1) is 31.4 Å². The Morgan fingerprint density at radius 1 is 0.966 bits per heavy atom. The van der Waals surface area contributed by atoms with Crippen LogP contribution in [0.15, 0.2) is 28.9 Å². The molecule has 7 nitrogen and oxygen atoms in total. The summed E-state index contributed by atoms with van der Waals surface area (Å²) in [6, 6.07) is 2.53. The second-order valence-corrected chi connectivity index (χ2v) is 7.14. The van der Waals surface area contributed by atoms with E-state index in [1.807, 2.05) is 0 Å². The summed E-state index contributed by atoms with van der Waals surface area (Å²) in [6.07, 6.45) is 9.63. The summed E-state index contributed by atoms with van der Waals surface area (Å²) in [4.78, 5) is 28.9. The van der Waals surface area contributed by atoms with E-state index in [1.54, 1.807) is 12.1 Å². The molecule has 2 rings (SSSR count). The van der Waals surface area contributed by atoms with Crippen LogP contribution in [0.4, 0.5) is 0 Å². The molecule has 7 heteroatoms. The minimum absolute atomic E-state index is 0.173. The molecule has 0 N–H and O–H groups in total. The summed E-state index contributed by atoms with van der Waals surface area (Å²) in [7, 11) is 2.89. The van der Waals surface area contributed by atoms with Crippen molar-refractivity contribution in [3.8, 4) is 11.5 Å². The number of fused-ring (bicyclic) bond motifs is 1. The first-order chi connectivity index (χ1) is 14.1. The van der Waals surface area contributed by atoms with Crippen LogP contribution < -0.4 is 9.47 Å². The highest BCUT2D eigenvalue weighted by molar-refractivity contribution is 6.27. The number of ketones is 2. The van der Waals surface area contributed by atoms with E-state index < -0.39 is 6.04 Å². The first-order valence-corrected chi connectivity index (χ1v) is 10.2. The fourth-order valence-electron chi connectivity index (χ4n) is 3.68. The van der Waals surface area contributed by atoms with Gasteiger partial charge in [-0.05, 0) is 30.2 Å². The van der Waals surface area contributed by atoms with Gasteiger partial charge in [-0.15, -0.1) is 0 Å². The van der Waals surface area contributed by atoms with E-state index in [9.17, 15) is 9.59 Å². The summed E-state index contributed by atoms with van der Waals surface area (Å²) in [5.74, 6) is -0.0685. The third-order valence-electron chi connectivity index (χ3n) is 5.22. The lowest BCUT2D eigenvalue weighted by molar-refractivity contribution is 0.0973. The Morgan fingerprint density at radius 2 is 1.55 bits per heavy atom. The van der Waals surface area contributed by atoms with Crippen LogP contribution >= 0.6 is 0 Å². The molecule has 1 unspecified atom stereocenters. The zero-order chi connectivity index (χ0) is 21.2. The van der Waals surface area contributed by atoms with Gasteiger partial charge in [0.25, 0.3) is 0 Å². The molecule has 0 saturated heterocycles. The number of Topliss-reactive ketones (excluding diaryl/α,β-unsaturated/α-hetero) is 1. The first kappa shape index (κ1) is 22.5. The molecule has 0 saturated carbocycles. The molecule has 0 amide bonds. The maximum Gasteiger partial charge on any atom is 0.194 e. The van der Waals surface area contributed by atoms with Crippen molar-refractivity contribution in [3.05, 3.63) is 45.4 Å². The number of hydrogen-bond donors (Lipinski definition) is 0. The molecular weight excluding hydrogens is 370 g/mol. The van der Waals surface area contributed by atoms with Crippen molar-refractivity contribution in [2.75, 3.05) is 14.2 Å². The Hall–Kier alpha value is -2.79. The Kier molecular flexibility index (Phi) is 8.74. The van der Waals surface area contributed by atoms with E-state index in [1.165, 1.54) is 46.0 Å². The number of carbonyl (C=O) groups is 2. The zero-order valence-electron chi connectivity index (χ0n) is 17.4. The Bertz CT molecular complexity index is 826. The van der Waals surface area contributed by atoms with Crippen molar-refractivity contribution in [1.82, 2.24) is 0 Å². The molecule has 1 atom stereocenters. The zero-order valence-corrected chi connectivity index (χ0v) is 17.4. The molecule has 0 radical (unpaired) electrons. The molecule has 1 aromatic rings. The van der Waals surface area contributed by atoms with Gasteiger partial charge in [-0.25, -0.2) is 0 Å². The monoisotopic (exact) mass is 399 g/mol. The van der Waals surface area contributed by atoms with E-state index in [0.717, 1.165) is 19.3 Å². The smallest absolute Gasteiger partial charge is 0.194 e. The van der Waals surface area contributed by atoms with Crippen LogP contribution in [0.5, 0.6) is 11.5 Å². The predicted octanol–water partition coefficient (Wildman–Crippen LogP) is 5.83. The van der Waals surface area contributed by atoms with Crippen LogP contribution in [0.25, 0.3) is 10.4 Å². The Balaban J connectivity index is 2.19. The summed E-state index contributed by atoms with van der Waals surface area (Å²) in [5, 5.41) is 3.82. The second-order valence-electron chi connectivity index (χ2n) is 7.14. The quantitative estimate of drug-likeness (QED) is 0.191. The highest BCUT2D eigenvalue weighted by Gasteiger charge is 2.34. The average molecular weight is 399 g/mol. The van der Waals surface area contributed by atoms with Gasteiger partial charge in [0.2, 0.25) is 0 Å². The SMILES string of the molecule is CCCCCCCCCC(N=[N+]=[N-])C1=CC(=O)c2c(OC)ccc(OC)c2C1=O. The lowest BCUT2D eigenvalue weighted by Crippen LogP contribution is -2.25. The van der Waals surface area contributed by atoms with Crippen LogP contribution in [0.1, 0.15) is 79.0 Å². The molecule has 29 heavy (non-hydrogen) atoms. The minimum Gasteiger partial charge on any atom is -0.496 e. The Labute approximate surface area is 171 Å². The van der Waals surface area contributed by atoms with Gasteiger partial charge >= 0.3 is 0 Å². The summed E-state index contributed by atoms with van der Waals surface area (Å²) < 4.78 is 10.6. The largest absolute Gasteiger partial charge is 0.496 e.